The Balaban J connectivity index is 2.25. The third-order valence-electron chi connectivity index (χ3n) is 2.60. The van der Waals surface area contributed by atoms with Crippen molar-refractivity contribution in [3.63, 3.8) is 0 Å². The molecule has 2 aromatic carbocycles. The van der Waals surface area contributed by atoms with Gasteiger partial charge in [0.25, 0.3) is 5.69 Å². The van der Waals surface area contributed by atoms with Crippen LogP contribution in [0.3, 0.4) is 0 Å². The van der Waals surface area contributed by atoms with Gasteiger partial charge in [-0.3, -0.25) is 10.1 Å². The number of hydrogen-bond acceptors (Lipinski definition) is 5. The van der Waals surface area contributed by atoms with E-state index in [4.69, 9.17) is 0 Å². The molecule has 0 aliphatic rings. The second-order valence-electron chi connectivity index (χ2n) is 3.93. The molecule has 2 aromatic rings. The second-order valence-corrected chi connectivity index (χ2v) is 4.79. The Morgan fingerprint density at radius 2 is 1.48 bits per heavy atom. The number of esters is 2. The molecule has 0 spiro atoms. The van der Waals surface area contributed by atoms with Crippen molar-refractivity contribution in [3.05, 3.63) is 74.2 Å². The van der Waals surface area contributed by atoms with Gasteiger partial charge in [0.15, 0.2) is 0 Å². The molecule has 0 bridgehead atoms. The number of nitro benzene ring substituents is 1. The van der Waals surface area contributed by atoms with Gasteiger partial charge in [-0.1, -0.05) is 24.3 Å². The van der Waals surface area contributed by atoms with Crippen molar-refractivity contribution in [2.24, 2.45) is 0 Å². The minimum Gasteiger partial charge on any atom is -0.385 e. The number of carbonyl (C=O) groups is 2. The van der Waals surface area contributed by atoms with Crippen molar-refractivity contribution in [1.82, 2.24) is 0 Å². The highest BCUT2D eigenvalue weighted by Crippen LogP contribution is 2.21. The average molecular weight is 350 g/mol. The Hall–Kier alpha value is -2.54. The number of carbonyl (C=O) groups excluding carboxylic acids is 2. The van der Waals surface area contributed by atoms with Crippen LogP contribution in [-0.2, 0) is 4.74 Å². The lowest BCUT2D eigenvalue weighted by atomic mass is 10.2. The first-order valence-electron chi connectivity index (χ1n) is 5.75. The largest absolute Gasteiger partial charge is 0.385 e. The summed E-state index contributed by atoms with van der Waals surface area (Å²) in [6.07, 6.45) is 0. The van der Waals surface area contributed by atoms with Gasteiger partial charge < -0.3 is 4.74 Å². The molecule has 0 unspecified atom stereocenters. The zero-order valence-corrected chi connectivity index (χ0v) is 12.1. The molecule has 7 heteroatoms. The number of nitrogens with zero attached hydrogens (tertiary/aromatic N) is 1. The molecule has 0 saturated heterocycles. The zero-order valence-electron chi connectivity index (χ0n) is 10.5. The predicted octanol–water partition coefficient (Wildman–Crippen LogP) is 3.35. The third kappa shape index (κ3) is 3.32. The van der Waals surface area contributed by atoms with Crippen LogP contribution >= 0.6 is 15.9 Å². The fourth-order valence-electron chi connectivity index (χ4n) is 1.63. The van der Waals surface area contributed by atoms with E-state index in [1.165, 1.54) is 30.3 Å². The minimum absolute atomic E-state index is 0.157. The van der Waals surface area contributed by atoms with E-state index >= 15 is 0 Å². The van der Waals surface area contributed by atoms with Gasteiger partial charge >= 0.3 is 11.9 Å². The number of nitro groups is 1. The number of benzene rings is 2. The summed E-state index contributed by atoms with van der Waals surface area (Å²) in [6, 6.07) is 11.7. The monoisotopic (exact) mass is 349 g/mol. The molecule has 0 aliphatic heterocycles. The zero-order chi connectivity index (χ0) is 15.4. The van der Waals surface area contributed by atoms with Gasteiger partial charge in [-0.2, -0.15) is 0 Å². The molecule has 0 heterocycles. The van der Waals surface area contributed by atoms with Gasteiger partial charge in [0.05, 0.1) is 10.5 Å². The number of halogens is 1. The first-order chi connectivity index (χ1) is 10.0. The quantitative estimate of drug-likeness (QED) is 0.367. The van der Waals surface area contributed by atoms with Crippen LogP contribution in [-0.4, -0.2) is 16.9 Å². The van der Waals surface area contributed by atoms with Gasteiger partial charge in [0.2, 0.25) is 0 Å². The van der Waals surface area contributed by atoms with E-state index in [9.17, 15) is 19.7 Å². The number of hydrogen-bond donors (Lipinski definition) is 0. The fourth-order valence-corrected chi connectivity index (χ4v) is 2.07. The molecule has 106 valence electrons. The molecular weight excluding hydrogens is 342 g/mol. The van der Waals surface area contributed by atoms with Gasteiger partial charge in [0.1, 0.15) is 5.56 Å². The fraction of sp³-hybridized carbons (Fsp3) is 0. The molecule has 0 saturated carbocycles. The second kappa shape index (κ2) is 6.27. The van der Waals surface area contributed by atoms with Crippen LogP contribution in [0.5, 0.6) is 0 Å². The summed E-state index contributed by atoms with van der Waals surface area (Å²) in [5.41, 5.74) is -0.533. The normalized spacial score (nSPS) is 9.95. The Bertz CT molecular complexity index is 729. The van der Waals surface area contributed by atoms with E-state index in [1.807, 2.05) is 0 Å². The van der Waals surface area contributed by atoms with Gasteiger partial charge in [0, 0.05) is 10.5 Å². The van der Waals surface area contributed by atoms with Crippen LogP contribution in [0.1, 0.15) is 20.7 Å². The molecule has 0 fully saturated rings. The highest BCUT2D eigenvalue weighted by molar-refractivity contribution is 9.10. The van der Waals surface area contributed by atoms with Crippen LogP contribution in [0, 0.1) is 10.1 Å². The maximum absolute atomic E-state index is 11.9. The number of rotatable bonds is 3. The van der Waals surface area contributed by atoms with Crippen molar-refractivity contribution < 1.29 is 19.2 Å². The molecule has 0 N–H and O–H groups in total. The Morgan fingerprint density at radius 3 is 2.10 bits per heavy atom. The highest BCUT2D eigenvalue weighted by Gasteiger charge is 2.24. The van der Waals surface area contributed by atoms with Gasteiger partial charge in [-0.25, -0.2) is 9.59 Å². The van der Waals surface area contributed by atoms with E-state index in [0.717, 1.165) is 0 Å². The topological polar surface area (TPSA) is 86.5 Å². The number of ether oxygens (including phenoxy) is 1. The standard InChI is InChI=1S/C14H8BrNO5/c15-11-7-3-1-5-9(11)13(17)21-14(18)10-6-2-4-8-12(10)16(19)20/h1-8H. The van der Waals surface area contributed by atoms with Gasteiger partial charge in [-0.05, 0) is 34.1 Å². The van der Waals surface area contributed by atoms with E-state index < -0.39 is 22.5 Å². The van der Waals surface area contributed by atoms with Crippen molar-refractivity contribution >= 4 is 33.6 Å². The van der Waals surface area contributed by atoms with Crippen LogP contribution in [0.4, 0.5) is 5.69 Å². The Labute approximate surface area is 127 Å². The summed E-state index contributed by atoms with van der Waals surface area (Å²) < 4.78 is 5.15. The average Bonchev–Trinajstić information content (AvgIpc) is 2.47. The first kappa shape index (κ1) is 14.9. The summed E-state index contributed by atoms with van der Waals surface area (Å²) in [4.78, 5) is 33.9. The molecule has 0 aromatic heterocycles. The van der Waals surface area contributed by atoms with Crippen molar-refractivity contribution in [2.45, 2.75) is 0 Å². The van der Waals surface area contributed by atoms with Crippen LogP contribution in [0.15, 0.2) is 53.0 Å². The maximum Gasteiger partial charge on any atom is 0.353 e. The number of para-hydroxylation sites is 1. The summed E-state index contributed by atoms with van der Waals surface area (Å²) in [5.74, 6) is -1.95. The lowest BCUT2D eigenvalue weighted by molar-refractivity contribution is -0.385. The molecule has 0 atom stereocenters. The van der Waals surface area contributed by atoms with Gasteiger partial charge in [-0.15, -0.1) is 0 Å². The summed E-state index contributed by atoms with van der Waals surface area (Å²) in [5, 5.41) is 10.8. The lowest BCUT2D eigenvalue weighted by Crippen LogP contribution is -2.14. The van der Waals surface area contributed by atoms with Crippen molar-refractivity contribution in [1.29, 1.82) is 0 Å². The van der Waals surface area contributed by atoms with Crippen LogP contribution in [0.2, 0.25) is 0 Å². The first-order valence-corrected chi connectivity index (χ1v) is 6.54. The summed E-state index contributed by atoms with van der Waals surface area (Å²) in [7, 11) is 0. The molecule has 21 heavy (non-hydrogen) atoms. The van der Waals surface area contributed by atoms with E-state index in [2.05, 4.69) is 20.7 Å². The Morgan fingerprint density at radius 1 is 0.952 bits per heavy atom. The van der Waals surface area contributed by atoms with Crippen molar-refractivity contribution in [2.75, 3.05) is 0 Å². The molecule has 0 amide bonds. The van der Waals surface area contributed by atoms with E-state index in [-0.39, 0.29) is 11.1 Å². The smallest absolute Gasteiger partial charge is 0.353 e. The van der Waals surface area contributed by atoms with Crippen molar-refractivity contribution in [3.8, 4) is 0 Å². The van der Waals surface area contributed by atoms with E-state index in [0.29, 0.717) is 4.47 Å². The SMILES string of the molecule is O=C(OC(=O)c1ccccc1[N+](=O)[O-])c1ccccc1Br. The molecule has 2 rings (SSSR count). The predicted molar refractivity (Wildman–Crippen MR) is 77.0 cm³/mol. The minimum atomic E-state index is -1.07. The highest BCUT2D eigenvalue weighted by atomic mass is 79.9. The molecule has 6 nitrogen and oxygen atoms in total. The summed E-state index contributed by atoms with van der Waals surface area (Å²) in [6.45, 7) is 0. The summed E-state index contributed by atoms with van der Waals surface area (Å²) >= 11 is 3.16. The maximum atomic E-state index is 11.9. The molecule has 0 radical (unpaired) electrons. The third-order valence-corrected chi connectivity index (χ3v) is 3.29. The molecule has 0 aliphatic carbocycles. The van der Waals surface area contributed by atoms with Crippen LogP contribution < -0.4 is 0 Å². The lowest BCUT2D eigenvalue weighted by Gasteiger charge is -2.05. The van der Waals surface area contributed by atoms with Crippen LogP contribution in [0.25, 0.3) is 0 Å². The molecular formula is C14H8BrNO5. The van der Waals surface area contributed by atoms with E-state index in [1.54, 1.807) is 18.2 Å². The Kier molecular flexibility index (Phi) is 4.44.